The molecule has 102 valence electrons. The van der Waals surface area contributed by atoms with Crippen LogP contribution in [0.4, 0.5) is 5.00 Å². The third-order valence-corrected chi connectivity index (χ3v) is 5.33. The van der Waals surface area contributed by atoms with E-state index in [9.17, 15) is 0 Å². The fourth-order valence-corrected chi connectivity index (χ4v) is 4.36. The number of thiophene rings is 1. The Kier molecular flexibility index (Phi) is 2.45. The maximum Gasteiger partial charge on any atom is 0.144 e. The summed E-state index contributed by atoms with van der Waals surface area (Å²) in [5, 5.41) is 0.921. The second-order valence-electron chi connectivity index (χ2n) is 5.58. The van der Waals surface area contributed by atoms with Gasteiger partial charge in [0.25, 0.3) is 0 Å². The van der Waals surface area contributed by atoms with Gasteiger partial charge in [0, 0.05) is 11.9 Å². The highest BCUT2D eigenvalue weighted by atomic mass is 32.1. The molecule has 3 nitrogen and oxygen atoms in total. The lowest BCUT2D eigenvalue weighted by Crippen LogP contribution is -1.96. The van der Waals surface area contributed by atoms with Crippen molar-refractivity contribution in [3.8, 4) is 11.4 Å². The number of nitrogens with two attached hydrogens (primary N) is 1. The number of fused-ring (bicyclic) bond motifs is 2. The number of nitrogens with zero attached hydrogens (tertiary/aromatic N) is 2. The van der Waals surface area contributed by atoms with Crippen LogP contribution in [-0.2, 0) is 19.9 Å². The van der Waals surface area contributed by atoms with Gasteiger partial charge in [0.2, 0.25) is 0 Å². The summed E-state index contributed by atoms with van der Waals surface area (Å²) in [4.78, 5) is 6.30. The Morgan fingerprint density at radius 1 is 1.30 bits per heavy atom. The molecule has 3 aromatic rings. The number of aryl methyl sites for hydroxylation is 3. The van der Waals surface area contributed by atoms with E-state index in [4.69, 9.17) is 10.7 Å². The van der Waals surface area contributed by atoms with Crippen molar-refractivity contribution in [2.24, 2.45) is 7.05 Å². The summed E-state index contributed by atoms with van der Waals surface area (Å²) in [7, 11) is 2.08. The lowest BCUT2D eigenvalue weighted by molar-refractivity contribution is 0.910. The molecule has 0 fully saturated rings. The van der Waals surface area contributed by atoms with Crippen molar-refractivity contribution in [3.63, 3.8) is 0 Å². The van der Waals surface area contributed by atoms with E-state index in [2.05, 4.69) is 36.7 Å². The average molecular weight is 283 g/mol. The van der Waals surface area contributed by atoms with Gasteiger partial charge in [-0.25, -0.2) is 4.98 Å². The summed E-state index contributed by atoms with van der Waals surface area (Å²) >= 11 is 1.74. The highest BCUT2D eigenvalue weighted by Crippen LogP contribution is 2.43. The molecule has 0 amide bonds. The van der Waals surface area contributed by atoms with Crippen LogP contribution in [0, 0.1) is 6.92 Å². The smallest absolute Gasteiger partial charge is 0.144 e. The number of imidazole rings is 1. The molecule has 4 rings (SSSR count). The van der Waals surface area contributed by atoms with E-state index >= 15 is 0 Å². The third kappa shape index (κ3) is 1.54. The van der Waals surface area contributed by atoms with Crippen molar-refractivity contribution in [2.75, 3.05) is 5.73 Å². The molecule has 0 spiro atoms. The Morgan fingerprint density at radius 2 is 2.15 bits per heavy atom. The summed E-state index contributed by atoms with van der Waals surface area (Å²) in [5.41, 5.74) is 12.3. The minimum Gasteiger partial charge on any atom is -0.390 e. The SMILES string of the molecule is Cc1ccc2c(c1)nc(-c1c(N)sc3c1CCC3)n2C. The van der Waals surface area contributed by atoms with Gasteiger partial charge < -0.3 is 10.3 Å². The summed E-state index contributed by atoms with van der Waals surface area (Å²) < 4.78 is 2.17. The van der Waals surface area contributed by atoms with Crippen LogP contribution in [0.5, 0.6) is 0 Å². The van der Waals surface area contributed by atoms with Gasteiger partial charge >= 0.3 is 0 Å². The first-order chi connectivity index (χ1) is 9.65. The monoisotopic (exact) mass is 283 g/mol. The normalized spacial score (nSPS) is 14.1. The van der Waals surface area contributed by atoms with Crippen LogP contribution in [0.1, 0.15) is 22.4 Å². The maximum atomic E-state index is 6.27. The van der Waals surface area contributed by atoms with Gasteiger partial charge in [-0.2, -0.15) is 0 Å². The van der Waals surface area contributed by atoms with Crippen LogP contribution in [0.15, 0.2) is 18.2 Å². The first kappa shape index (κ1) is 12.0. The molecule has 2 aromatic heterocycles. The molecule has 20 heavy (non-hydrogen) atoms. The standard InChI is InChI=1S/C16H17N3S/c1-9-6-7-12-11(8-9)18-16(19(12)2)14-10-4-3-5-13(10)20-15(14)17/h6-8H,3-5,17H2,1-2H3. The van der Waals surface area contributed by atoms with Crippen LogP contribution in [0.3, 0.4) is 0 Å². The predicted molar refractivity (Wildman–Crippen MR) is 85.2 cm³/mol. The van der Waals surface area contributed by atoms with Crippen molar-refractivity contribution in [1.29, 1.82) is 0 Å². The van der Waals surface area contributed by atoms with Crippen molar-refractivity contribution in [1.82, 2.24) is 9.55 Å². The number of rotatable bonds is 1. The molecule has 0 radical (unpaired) electrons. The molecule has 0 saturated carbocycles. The van der Waals surface area contributed by atoms with Gasteiger partial charge in [0.15, 0.2) is 0 Å². The molecule has 0 unspecified atom stereocenters. The van der Waals surface area contributed by atoms with Crippen LogP contribution in [0.25, 0.3) is 22.4 Å². The molecule has 0 bridgehead atoms. The van der Waals surface area contributed by atoms with Gasteiger partial charge in [0.05, 0.1) is 21.6 Å². The molecule has 0 aliphatic heterocycles. The number of hydrogen-bond acceptors (Lipinski definition) is 3. The minimum atomic E-state index is 0.921. The largest absolute Gasteiger partial charge is 0.390 e. The number of hydrogen-bond donors (Lipinski definition) is 1. The Balaban J connectivity index is 2.01. The fourth-order valence-electron chi connectivity index (χ4n) is 3.20. The zero-order chi connectivity index (χ0) is 13.9. The van der Waals surface area contributed by atoms with Crippen LogP contribution < -0.4 is 5.73 Å². The molecule has 1 aromatic carbocycles. The average Bonchev–Trinajstić information content (AvgIpc) is 3.03. The Morgan fingerprint density at radius 3 is 3.00 bits per heavy atom. The van der Waals surface area contributed by atoms with Crippen molar-refractivity contribution >= 4 is 27.4 Å². The first-order valence-corrected chi connectivity index (χ1v) is 7.80. The van der Waals surface area contributed by atoms with E-state index in [1.54, 1.807) is 11.3 Å². The number of benzene rings is 1. The molecule has 2 heterocycles. The summed E-state index contributed by atoms with van der Waals surface area (Å²) in [6, 6.07) is 6.42. The van der Waals surface area contributed by atoms with E-state index in [0.29, 0.717) is 0 Å². The fraction of sp³-hybridized carbons (Fsp3) is 0.312. The summed E-state index contributed by atoms with van der Waals surface area (Å²) in [6.07, 6.45) is 3.56. The highest BCUT2D eigenvalue weighted by Gasteiger charge is 2.24. The van der Waals surface area contributed by atoms with Gasteiger partial charge in [-0.05, 0) is 49.4 Å². The molecular formula is C16H17N3S. The predicted octanol–water partition coefficient (Wildman–Crippen LogP) is 3.68. The van der Waals surface area contributed by atoms with E-state index in [1.165, 1.54) is 39.9 Å². The molecule has 1 aliphatic carbocycles. The lowest BCUT2D eigenvalue weighted by atomic mass is 10.1. The zero-order valence-electron chi connectivity index (χ0n) is 11.7. The number of anilines is 1. The quantitative estimate of drug-likeness (QED) is 0.740. The first-order valence-electron chi connectivity index (χ1n) is 6.98. The molecule has 2 N–H and O–H groups in total. The minimum absolute atomic E-state index is 0.921. The Bertz CT molecular complexity index is 826. The van der Waals surface area contributed by atoms with Crippen LogP contribution in [-0.4, -0.2) is 9.55 Å². The van der Waals surface area contributed by atoms with Crippen LogP contribution in [0.2, 0.25) is 0 Å². The summed E-state index contributed by atoms with van der Waals surface area (Å²) in [6.45, 7) is 2.10. The summed E-state index contributed by atoms with van der Waals surface area (Å²) in [5.74, 6) is 1.02. The molecule has 0 saturated heterocycles. The van der Waals surface area contributed by atoms with Gasteiger partial charge in [-0.15, -0.1) is 11.3 Å². The van der Waals surface area contributed by atoms with E-state index in [-0.39, 0.29) is 0 Å². The second-order valence-corrected chi connectivity index (χ2v) is 6.72. The number of aromatic nitrogens is 2. The number of nitrogen functional groups attached to an aromatic ring is 1. The Hall–Kier alpha value is -1.81. The maximum absolute atomic E-state index is 6.27. The van der Waals surface area contributed by atoms with E-state index in [0.717, 1.165) is 22.8 Å². The van der Waals surface area contributed by atoms with Crippen molar-refractivity contribution in [2.45, 2.75) is 26.2 Å². The van der Waals surface area contributed by atoms with Crippen LogP contribution >= 0.6 is 11.3 Å². The van der Waals surface area contributed by atoms with Gasteiger partial charge in [-0.1, -0.05) is 6.07 Å². The zero-order valence-corrected chi connectivity index (χ0v) is 12.5. The Labute approximate surface area is 122 Å². The van der Waals surface area contributed by atoms with Crippen molar-refractivity contribution < 1.29 is 0 Å². The topological polar surface area (TPSA) is 43.8 Å². The molecule has 0 atom stereocenters. The third-order valence-electron chi connectivity index (χ3n) is 4.21. The van der Waals surface area contributed by atoms with E-state index in [1.807, 2.05) is 0 Å². The van der Waals surface area contributed by atoms with Gasteiger partial charge in [-0.3, -0.25) is 0 Å². The van der Waals surface area contributed by atoms with E-state index < -0.39 is 0 Å². The lowest BCUT2D eigenvalue weighted by Gasteiger charge is -2.04. The molecule has 4 heteroatoms. The molecule has 1 aliphatic rings. The highest BCUT2D eigenvalue weighted by molar-refractivity contribution is 7.16. The van der Waals surface area contributed by atoms with Crippen molar-refractivity contribution in [3.05, 3.63) is 34.2 Å². The van der Waals surface area contributed by atoms with Gasteiger partial charge in [0.1, 0.15) is 5.82 Å². The second kappa shape index (κ2) is 4.09. The molecular weight excluding hydrogens is 266 g/mol.